The fourth-order valence-corrected chi connectivity index (χ4v) is 2.68. The van der Waals surface area contributed by atoms with Gasteiger partial charge >= 0.3 is 0 Å². The van der Waals surface area contributed by atoms with Crippen molar-refractivity contribution >= 4 is 0 Å². The molecule has 1 aromatic carbocycles. The number of aryl methyl sites for hydroxylation is 1. The van der Waals surface area contributed by atoms with Crippen molar-refractivity contribution in [3.63, 3.8) is 0 Å². The molecule has 2 atom stereocenters. The largest absolute Gasteiger partial charge is 0.497 e. The number of ether oxygens (including phenoxy) is 1. The third kappa shape index (κ3) is 2.07. The first kappa shape index (κ1) is 11.5. The van der Waals surface area contributed by atoms with Gasteiger partial charge in [-0.3, -0.25) is 0 Å². The number of benzene rings is 1. The molecule has 88 valence electrons. The lowest BCUT2D eigenvalue weighted by Gasteiger charge is -2.30. The van der Waals surface area contributed by atoms with Gasteiger partial charge in [-0.25, -0.2) is 0 Å². The summed E-state index contributed by atoms with van der Waals surface area (Å²) in [5.41, 5.74) is 9.08. The Morgan fingerprint density at radius 3 is 3.00 bits per heavy atom. The summed E-state index contributed by atoms with van der Waals surface area (Å²) < 4.78 is 5.27. The molecule has 0 saturated carbocycles. The Labute approximate surface area is 97.8 Å². The number of rotatable bonds is 3. The topological polar surface area (TPSA) is 35.2 Å². The predicted molar refractivity (Wildman–Crippen MR) is 66.9 cm³/mol. The zero-order chi connectivity index (χ0) is 11.5. The van der Waals surface area contributed by atoms with Crippen LogP contribution in [-0.4, -0.2) is 13.2 Å². The molecule has 1 aromatic rings. The van der Waals surface area contributed by atoms with E-state index >= 15 is 0 Å². The minimum atomic E-state index is 0.299. The third-order valence-corrected chi connectivity index (χ3v) is 3.70. The quantitative estimate of drug-likeness (QED) is 0.848. The minimum absolute atomic E-state index is 0.299. The first-order valence-electron chi connectivity index (χ1n) is 6.18. The summed E-state index contributed by atoms with van der Waals surface area (Å²) in [5, 5.41) is 0. The molecular formula is C14H21NO. The molecule has 2 nitrogen and oxygen atoms in total. The van der Waals surface area contributed by atoms with Crippen LogP contribution in [0, 0.1) is 0 Å². The Balaban J connectivity index is 2.32. The van der Waals surface area contributed by atoms with Crippen molar-refractivity contribution in [3.8, 4) is 5.75 Å². The molecular weight excluding hydrogens is 198 g/mol. The maximum Gasteiger partial charge on any atom is 0.119 e. The highest BCUT2D eigenvalue weighted by atomic mass is 16.5. The van der Waals surface area contributed by atoms with Crippen LogP contribution in [0.4, 0.5) is 0 Å². The second kappa shape index (κ2) is 4.88. The maximum absolute atomic E-state index is 6.20. The van der Waals surface area contributed by atoms with Crippen LogP contribution in [0.15, 0.2) is 18.2 Å². The van der Waals surface area contributed by atoms with E-state index in [-0.39, 0.29) is 0 Å². The van der Waals surface area contributed by atoms with Gasteiger partial charge in [-0.1, -0.05) is 13.0 Å². The van der Waals surface area contributed by atoms with Crippen molar-refractivity contribution < 1.29 is 4.74 Å². The Morgan fingerprint density at radius 1 is 1.50 bits per heavy atom. The number of methoxy groups -OCH3 is 1. The summed E-state index contributed by atoms with van der Waals surface area (Å²) in [6, 6.07) is 6.73. The highest BCUT2D eigenvalue weighted by molar-refractivity contribution is 5.40. The average molecular weight is 219 g/mol. The first-order chi connectivity index (χ1) is 7.76. The SMILES string of the molecule is CCC(N)C1CCCc2cc(OC)ccc21. The van der Waals surface area contributed by atoms with Gasteiger partial charge in [0, 0.05) is 6.04 Å². The maximum atomic E-state index is 6.20. The Hall–Kier alpha value is -1.02. The lowest BCUT2D eigenvalue weighted by atomic mass is 9.78. The van der Waals surface area contributed by atoms with E-state index in [2.05, 4.69) is 25.1 Å². The van der Waals surface area contributed by atoms with Gasteiger partial charge in [-0.2, -0.15) is 0 Å². The van der Waals surface area contributed by atoms with Crippen molar-refractivity contribution in [2.45, 2.75) is 44.6 Å². The van der Waals surface area contributed by atoms with Gasteiger partial charge in [0.25, 0.3) is 0 Å². The van der Waals surface area contributed by atoms with Gasteiger partial charge in [-0.15, -0.1) is 0 Å². The monoisotopic (exact) mass is 219 g/mol. The lowest BCUT2D eigenvalue weighted by Crippen LogP contribution is -2.30. The second-order valence-corrected chi connectivity index (χ2v) is 4.64. The molecule has 0 spiro atoms. The highest BCUT2D eigenvalue weighted by Gasteiger charge is 2.24. The Morgan fingerprint density at radius 2 is 2.31 bits per heavy atom. The Kier molecular flexibility index (Phi) is 3.49. The minimum Gasteiger partial charge on any atom is -0.497 e. The van der Waals surface area contributed by atoms with Gasteiger partial charge in [0.15, 0.2) is 0 Å². The summed E-state index contributed by atoms with van der Waals surface area (Å²) >= 11 is 0. The molecule has 0 amide bonds. The average Bonchev–Trinajstić information content (AvgIpc) is 2.36. The normalized spacial score (nSPS) is 21.3. The molecule has 2 rings (SSSR count). The van der Waals surface area contributed by atoms with E-state index in [1.54, 1.807) is 7.11 Å². The summed E-state index contributed by atoms with van der Waals surface area (Å²) in [4.78, 5) is 0. The highest BCUT2D eigenvalue weighted by Crippen LogP contribution is 2.35. The fourth-order valence-electron chi connectivity index (χ4n) is 2.68. The standard InChI is InChI=1S/C14H21NO/c1-3-14(15)13-6-4-5-10-9-11(16-2)7-8-12(10)13/h7-9,13-14H,3-6,15H2,1-2H3. The van der Waals surface area contributed by atoms with E-state index in [4.69, 9.17) is 10.5 Å². The smallest absolute Gasteiger partial charge is 0.119 e. The third-order valence-electron chi connectivity index (χ3n) is 3.70. The van der Waals surface area contributed by atoms with Crippen LogP contribution in [0.3, 0.4) is 0 Å². The summed E-state index contributed by atoms with van der Waals surface area (Å²) in [5.74, 6) is 1.50. The molecule has 0 aromatic heterocycles. The molecule has 2 unspecified atom stereocenters. The number of hydrogen-bond donors (Lipinski definition) is 1. The molecule has 2 heteroatoms. The number of hydrogen-bond acceptors (Lipinski definition) is 2. The predicted octanol–water partition coefficient (Wildman–Crippen LogP) is 2.85. The zero-order valence-electron chi connectivity index (χ0n) is 10.2. The zero-order valence-corrected chi connectivity index (χ0v) is 10.2. The number of fused-ring (bicyclic) bond motifs is 1. The van der Waals surface area contributed by atoms with Crippen molar-refractivity contribution in [1.82, 2.24) is 0 Å². The summed E-state index contributed by atoms with van der Waals surface area (Å²) in [6.07, 6.45) is 4.70. The van der Waals surface area contributed by atoms with E-state index in [1.165, 1.54) is 30.4 Å². The number of nitrogens with two attached hydrogens (primary N) is 1. The van der Waals surface area contributed by atoms with Gasteiger partial charge in [0.2, 0.25) is 0 Å². The van der Waals surface area contributed by atoms with E-state index in [1.807, 2.05) is 0 Å². The van der Waals surface area contributed by atoms with Crippen LogP contribution in [-0.2, 0) is 6.42 Å². The molecule has 0 bridgehead atoms. The van der Waals surface area contributed by atoms with Crippen molar-refractivity contribution in [2.24, 2.45) is 5.73 Å². The van der Waals surface area contributed by atoms with Crippen LogP contribution in [0.5, 0.6) is 5.75 Å². The van der Waals surface area contributed by atoms with Gasteiger partial charge in [0.1, 0.15) is 5.75 Å². The first-order valence-corrected chi connectivity index (χ1v) is 6.18. The van der Waals surface area contributed by atoms with Crippen LogP contribution >= 0.6 is 0 Å². The molecule has 0 radical (unpaired) electrons. The van der Waals surface area contributed by atoms with Gasteiger partial charge in [0.05, 0.1) is 7.11 Å². The molecule has 0 heterocycles. The molecule has 0 aliphatic heterocycles. The van der Waals surface area contributed by atoms with Gasteiger partial charge in [-0.05, 0) is 54.9 Å². The van der Waals surface area contributed by atoms with Crippen LogP contribution in [0.1, 0.15) is 43.2 Å². The van der Waals surface area contributed by atoms with E-state index in [0.717, 1.165) is 12.2 Å². The van der Waals surface area contributed by atoms with E-state index < -0.39 is 0 Å². The second-order valence-electron chi connectivity index (χ2n) is 4.64. The van der Waals surface area contributed by atoms with Crippen molar-refractivity contribution in [3.05, 3.63) is 29.3 Å². The van der Waals surface area contributed by atoms with Crippen molar-refractivity contribution in [2.75, 3.05) is 7.11 Å². The fraction of sp³-hybridized carbons (Fsp3) is 0.571. The molecule has 1 aliphatic carbocycles. The lowest BCUT2D eigenvalue weighted by molar-refractivity contribution is 0.410. The van der Waals surface area contributed by atoms with Crippen molar-refractivity contribution in [1.29, 1.82) is 0 Å². The van der Waals surface area contributed by atoms with Crippen LogP contribution in [0.25, 0.3) is 0 Å². The van der Waals surface area contributed by atoms with Crippen LogP contribution < -0.4 is 10.5 Å². The molecule has 0 saturated heterocycles. The molecule has 1 aliphatic rings. The molecule has 16 heavy (non-hydrogen) atoms. The molecule has 0 fully saturated rings. The summed E-state index contributed by atoms with van der Waals surface area (Å²) in [6.45, 7) is 2.17. The molecule has 2 N–H and O–H groups in total. The van der Waals surface area contributed by atoms with E-state index in [0.29, 0.717) is 12.0 Å². The Bertz CT molecular complexity index is 362. The van der Waals surface area contributed by atoms with E-state index in [9.17, 15) is 0 Å². The van der Waals surface area contributed by atoms with Gasteiger partial charge < -0.3 is 10.5 Å². The summed E-state index contributed by atoms with van der Waals surface area (Å²) in [7, 11) is 1.72. The van der Waals surface area contributed by atoms with Crippen LogP contribution in [0.2, 0.25) is 0 Å².